The number of rotatable bonds is 4. The van der Waals surface area contributed by atoms with Gasteiger partial charge in [-0.25, -0.2) is 0 Å². The smallest absolute Gasteiger partial charge is 0.308 e. The average Bonchev–Trinajstić information content (AvgIpc) is 1.81. The van der Waals surface area contributed by atoms with Gasteiger partial charge in [-0.2, -0.15) is 0 Å². The van der Waals surface area contributed by atoms with Gasteiger partial charge in [0.2, 0.25) is 0 Å². The molecule has 0 aliphatic heterocycles. The zero-order valence-electron chi connectivity index (χ0n) is 6.08. The van der Waals surface area contributed by atoms with Gasteiger partial charge in [0, 0.05) is 6.04 Å². The molecule has 0 saturated heterocycles. The molecule has 0 radical (unpaired) electrons. The van der Waals surface area contributed by atoms with Crippen LogP contribution in [-0.2, 0) is 4.79 Å². The van der Waals surface area contributed by atoms with E-state index in [1.165, 1.54) is 0 Å². The Morgan fingerprint density at radius 1 is 1.90 bits per heavy atom. The summed E-state index contributed by atoms with van der Waals surface area (Å²) in [6.45, 7) is 5.13. The third-order valence-electron chi connectivity index (χ3n) is 1.37. The second-order valence-corrected chi connectivity index (χ2v) is 2.33. The minimum absolute atomic E-state index is 0.310. The lowest BCUT2D eigenvalue weighted by Crippen LogP contribution is -2.32. The maximum absolute atomic E-state index is 10.4. The van der Waals surface area contributed by atoms with Crippen molar-refractivity contribution >= 4 is 5.97 Å². The van der Waals surface area contributed by atoms with Crippen molar-refractivity contribution in [3.63, 3.8) is 0 Å². The Balaban J connectivity index is 3.97. The summed E-state index contributed by atoms with van der Waals surface area (Å²) in [7, 11) is 0. The van der Waals surface area contributed by atoms with E-state index in [1.54, 1.807) is 13.0 Å². The summed E-state index contributed by atoms with van der Waals surface area (Å²) in [6, 6.07) is -0.310. The normalized spacial score (nSPS) is 15.8. The van der Waals surface area contributed by atoms with Gasteiger partial charge in [0.15, 0.2) is 0 Å². The summed E-state index contributed by atoms with van der Waals surface area (Å²) in [5, 5.41) is 8.55. The fourth-order valence-corrected chi connectivity index (χ4v) is 0.720. The molecule has 0 heterocycles. The Labute approximate surface area is 60.5 Å². The van der Waals surface area contributed by atoms with Crippen molar-refractivity contribution in [3.8, 4) is 0 Å². The number of carboxylic acids is 1. The minimum atomic E-state index is -0.852. The lowest BCUT2D eigenvalue weighted by Gasteiger charge is -2.12. The third kappa shape index (κ3) is 2.64. The number of nitrogens with two attached hydrogens (primary N) is 1. The van der Waals surface area contributed by atoms with Crippen molar-refractivity contribution in [2.45, 2.75) is 19.4 Å². The molecule has 2 atom stereocenters. The van der Waals surface area contributed by atoms with E-state index >= 15 is 0 Å². The van der Waals surface area contributed by atoms with Crippen molar-refractivity contribution in [1.82, 2.24) is 0 Å². The lowest BCUT2D eigenvalue weighted by atomic mass is 9.99. The van der Waals surface area contributed by atoms with Gasteiger partial charge in [-0.05, 0) is 13.3 Å². The van der Waals surface area contributed by atoms with Gasteiger partial charge in [0.25, 0.3) is 0 Å². The standard InChI is InChI=1S/C7H13NO2/c1-3-4-6(5(2)8)7(9)10/h3,5-6H,1,4,8H2,2H3,(H,9,10)/t5-,6-/m1/s1. The second-order valence-electron chi connectivity index (χ2n) is 2.33. The quantitative estimate of drug-likeness (QED) is 0.567. The highest BCUT2D eigenvalue weighted by molar-refractivity contribution is 5.70. The van der Waals surface area contributed by atoms with Gasteiger partial charge in [0.1, 0.15) is 0 Å². The largest absolute Gasteiger partial charge is 0.481 e. The van der Waals surface area contributed by atoms with Crippen molar-refractivity contribution in [2.24, 2.45) is 11.7 Å². The van der Waals surface area contributed by atoms with Crippen LogP contribution in [0.5, 0.6) is 0 Å². The summed E-state index contributed by atoms with van der Waals surface area (Å²) in [4.78, 5) is 10.4. The molecule has 0 unspecified atom stereocenters. The maximum Gasteiger partial charge on any atom is 0.308 e. The minimum Gasteiger partial charge on any atom is -0.481 e. The van der Waals surface area contributed by atoms with Crippen LogP contribution in [-0.4, -0.2) is 17.1 Å². The molecule has 0 aromatic rings. The SMILES string of the molecule is C=CC[C@@H](C(=O)O)[C@@H](C)N. The Morgan fingerprint density at radius 3 is 2.50 bits per heavy atom. The first-order chi connectivity index (χ1) is 4.59. The first-order valence-corrected chi connectivity index (χ1v) is 3.19. The summed E-state index contributed by atoms with van der Waals surface area (Å²) in [5.74, 6) is -1.34. The molecular formula is C7H13NO2. The van der Waals surface area contributed by atoms with Crippen LogP contribution in [0.4, 0.5) is 0 Å². The van der Waals surface area contributed by atoms with Crippen LogP contribution in [0.15, 0.2) is 12.7 Å². The van der Waals surface area contributed by atoms with E-state index in [9.17, 15) is 4.79 Å². The topological polar surface area (TPSA) is 63.3 Å². The Hall–Kier alpha value is -0.830. The van der Waals surface area contributed by atoms with Gasteiger partial charge in [-0.15, -0.1) is 6.58 Å². The fourth-order valence-electron chi connectivity index (χ4n) is 0.720. The van der Waals surface area contributed by atoms with E-state index < -0.39 is 11.9 Å². The van der Waals surface area contributed by atoms with E-state index in [1.807, 2.05) is 0 Å². The van der Waals surface area contributed by atoms with Crippen molar-refractivity contribution in [2.75, 3.05) is 0 Å². The molecule has 0 aromatic carbocycles. The highest BCUT2D eigenvalue weighted by Gasteiger charge is 2.19. The number of carbonyl (C=O) groups is 1. The molecule has 0 aromatic heterocycles. The van der Waals surface area contributed by atoms with E-state index in [-0.39, 0.29) is 6.04 Å². The van der Waals surface area contributed by atoms with E-state index in [0.29, 0.717) is 6.42 Å². The van der Waals surface area contributed by atoms with Gasteiger partial charge in [-0.3, -0.25) is 4.79 Å². The number of hydrogen-bond acceptors (Lipinski definition) is 2. The molecular weight excluding hydrogens is 130 g/mol. The van der Waals surface area contributed by atoms with Crippen molar-refractivity contribution < 1.29 is 9.90 Å². The van der Waals surface area contributed by atoms with E-state index in [0.717, 1.165) is 0 Å². The lowest BCUT2D eigenvalue weighted by molar-refractivity contribution is -0.142. The molecule has 0 fully saturated rings. The number of carboxylic acid groups (broad SMARTS) is 1. The maximum atomic E-state index is 10.4. The predicted molar refractivity (Wildman–Crippen MR) is 39.6 cm³/mol. The molecule has 0 aliphatic carbocycles. The molecule has 3 heteroatoms. The van der Waals surface area contributed by atoms with Crippen molar-refractivity contribution in [3.05, 3.63) is 12.7 Å². The average molecular weight is 143 g/mol. The molecule has 0 saturated carbocycles. The van der Waals surface area contributed by atoms with Crippen LogP contribution in [0.1, 0.15) is 13.3 Å². The molecule has 0 bridgehead atoms. The van der Waals surface area contributed by atoms with Crippen molar-refractivity contribution in [1.29, 1.82) is 0 Å². The first-order valence-electron chi connectivity index (χ1n) is 3.19. The number of aliphatic carboxylic acids is 1. The summed E-state index contributed by atoms with van der Waals surface area (Å²) < 4.78 is 0. The van der Waals surface area contributed by atoms with Gasteiger partial charge >= 0.3 is 5.97 Å². The summed E-state index contributed by atoms with van der Waals surface area (Å²) in [6.07, 6.45) is 2.01. The van der Waals surface area contributed by atoms with E-state index in [4.69, 9.17) is 10.8 Å². The molecule has 0 amide bonds. The Bertz CT molecular complexity index is 132. The molecule has 3 N–H and O–H groups in total. The van der Waals surface area contributed by atoms with Gasteiger partial charge in [0.05, 0.1) is 5.92 Å². The Kier molecular flexibility index (Phi) is 3.72. The Morgan fingerprint density at radius 2 is 2.40 bits per heavy atom. The summed E-state index contributed by atoms with van der Waals surface area (Å²) in [5.41, 5.74) is 5.40. The molecule has 58 valence electrons. The van der Waals surface area contributed by atoms with Crippen LogP contribution in [0.3, 0.4) is 0 Å². The van der Waals surface area contributed by atoms with Crippen LogP contribution >= 0.6 is 0 Å². The highest BCUT2D eigenvalue weighted by Crippen LogP contribution is 2.07. The van der Waals surface area contributed by atoms with Crippen LogP contribution < -0.4 is 5.73 Å². The van der Waals surface area contributed by atoms with Gasteiger partial charge in [-0.1, -0.05) is 6.08 Å². The zero-order chi connectivity index (χ0) is 8.15. The molecule has 0 spiro atoms. The first kappa shape index (κ1) is 9.17. The monoisotopic (exact) mass is 143 g/mol. The van der Waals surface area contributed by atoms with Gasteiger partial charge < -0.3 is 10.8 Å². The molecule has 10 heavy (non-hydrogen) atoms. The molecule has 3 nitrogen and oxygen atoms in total. The highest BCUT2D eigenvalue weighted by atomic mass is 16.4. The second kappa shape index (κ2) is 4.06. The van der Waals surface area contributed by atoms with Crippen LogP contribution in [0.2, 0.25) is 0 Å². The third-order valence-corrected chi connectivity index (χ3v) is 1.37. The number of hydrogen-bond donors (Lipinski definition) is 2. The number of allylic oxidation sites excluding steroid dienone is 1. The van der Waals surface area contributed by atoms with Crippen LogP contribution in [0, 0.1) is 5.92 Å². The predicted octanol–water partition coefficient (Wildman–Crippen LogP) is 0.611. The zero-order valence-corrected chi connectivity index (χ0v) is 6.08. The van der Waals surface area contributed by atoms with Crippen LogP contribution in [0.25, 0.3) is 0 Å². The fraction of sp³-hybridized carbons (Fsp3) is 0.571. The van der Waals surface area contributed by atoms with E-state index in [2.05, 4.69) is 6.58 Å². The summed E-state index contributed by atoms with van der Waals surface area (Å²) >= 11 is 0. The molecule has 0 rings (SSSR count). The molecule has 0 aliphatic rings.